The maximum atomic E-state index is 12.1. The summed E-state index contributed by atoms with van der Waals surface area (Å²) in [6, 6.07) is 18.1. The maximum Gasteiger partial charge on any atom is 0.321 e. The van der Waals surface area contributed by atoms with Crippen LogP contribution in [0.2, 0.25) is 0 Å². The third-order valence-corrected chi connectivity index (χ3v) is 5.05. The second-order valence-corrected chi connectivity index (χ2v) is 7.09. The van der Waals surface area contributed by atoms with Gasteiger partial charge in [-0.3, -0.25) is 15.1 Å². The molecule has 146 valence electrons. The third-order valence-electron chi connectivity index (χ3n) is 5.05. The van der Waals surface area contributed by atoms with E-state index in [9.17, 15) is 4.79 Å². The molecular weight excluding hydrogens is 352 g/mol. The molecule has 3 aromatic rings. The predicted molar refractivity (Wildman–Crippen MR) is 111 cm³/mol. The van der Waals surface area contributed by atoms with E-state index < -0.39 is 0 Å². The second kappa shape index (κ2) is 8.86. The number of benzene rings is 2. The minimum absolute atomic E-state index is 0.234. The van der Waals surface area contributed by atoms with Crippen molar-refractivity contribution in [3.05, 3.63) is 60.2 Å². The molecule has 28 heavy (non-hydrogen) atoms. The molecule has 2 heterocycles. The Labute approximate surface area is 164 Å². The molecule has 1 aliphatic heterocycles. The molecule has 0 bridgehead atoms. The number of hydrogen-bond donors (Lipinski definition) is 3. The first kappa shape index (κ1) is 18.5. The van der Waals surface area contributed by atoms with Crippen LogP contribution in [0.15, 0.2) is 54.6 Å². The largest absolute Gasteiger partial charge is 0.337 e. The molecule has 0 radical (unpaired) electrons. The Balaban J connectivity index is 1.15. The van der Waals surface area contributed by atoms with Crippen molar-refractivity contribution in [2.45, 2.75) is 6.54 Å². The van der Waals surface area contributed by atoms with Crippen LogP contribution in [0.3, 0.4) is 0 Å². The molecular formula is C21H26N6O. The summed E-state index contributed by atoms with van der Waals surface area (Å²) in [4.78, 5) is 24.4. The number of aromatic nitrogens is 2. The van der Waals surface area contributed by atoms with Crippen LogP contribution in [-0.2, 0) is 6.54 Å². The number of hydrogen-bond acceptors (Lipinski definition) is 4. The summed E-state index contributed by atoms with van der Waals surface area (Å²) in [6.45, 7) is 6.64. The van der Waals surface area contributed by atoms with Crippen molar-refractivity contribution < 1.29 is 4.79 Å². The van der Waals surface area contributed by atoms with E-state index in [-0.39, 0.29) is 6.03 Å². The van der Waals surface area contributed by atoms with Crippen LogP contribution in [0, 0.1) is 0 Å². The van der Waals surface area contributed by atoms with Gasteiger partial charge in [0.25, 0.3) is 0 Å². The first-order valence-electron chi connectivity index (χ1n) is 9.74. The number of carbonyl (C=O) groups excluding carboxylic acids is 1. The zero-order valence-corrected chi connectivity index (χ0v) is 15.9. The fourth-order valence-corrected chi connectivity index (χ4v) is 3.50. The standard InChI is InChI=1S/C21H26N6O/c28-21(25-20-23-18-8-4-5-9-19(18)24-20)22-10-11-26-12-14-27(15-13-26)16-17-6-2-1-3-7-17/h1-9H,10-16H2,(H3,22,23,24,25,28). The molecule has 0 spiro atoms. The number of nitrogens with zero attached hydrogens (tertiary/aromatic N) is 3. The third kappa shape index (κ3) is 4.88. The molecule has 1 fully saturated rings. The normalized spacial score (nSPS) is 15.6. The van der Waals surface area contributed by atoms with Gasteiger partial charge in [0.1, 0.15) is 0 Å². The maximum absolute atomic E-state index is 12.1. The molecule has 1 aliphatic rings. The SMILES string of the molecule is O=C(NCCN1CCN(Cc2ccccc2)CC1)Nc1nc2ccccc2[nH]1. The number of anilines is 1. The van der Waals surface area contributed by atoms with Crippen LogP contribution in [-0.4, -0.2) is 65.1 Å². The van der Waals surface area contributed by atoms with Crippen molar-refractivity contribution in [1.82, 2.24) is 25.1 Å². The fourth-order valence-electron chi connectivity index (χ4n) is 3.50. The number of urea groups is 1. The summed E-state index contributed by atoms with van der Waals surface area (Å²) in [5, 5.41) is 5.67. The highest BCUT2D eigenvalue weighted by atomic mass is 16.2. The molecule has 0 unspecified atom stereocenters. The number of amides is 2. The topological polar surface area (TPSA) is 76.3 Å². The minimum atomic E-state index is -0.234. The van der Waals surface area contributed by atoms with Crippen molar-refractivity contribution in [3.8, 4) is 0 Å². The molecule has 7 heteroatoms. The van der Waals surface area contributed by atoms with Crippen LogP contribution in [0.4, 0.5) is 10.7 Å². The van der Waals surface area contributed by atoms with Crippen LogP contribution in [0.1, 0.15) is 5.56 Å². The Morgan fingerprint density at radius 1 is 0.964 bits per heavy atom. The van der Waals surface area contributed by atoms with Gasteiger partial charge in [-0.05, 0) is 17.7 Å². The molecule has 3 N–H and O–H groups in total. The van der Waals surface area contributed by atoms with Gasteiger partial charge in [-0.25, -0.2) is 9.78 Å². The number of para-hydroxylation sites is 2. The summed E-state index contributed by atoms with van der Waals surface area (Å²) in [6.07, 6.45) is 0. The van der Waals surface area contributed by atoms with E-state index in [1.165, 1.54) is 5.56 Å². The number of fused-ring (bicyclic) bond motifs is 1. The molecule has 2 amide bonds. The highest BCUT2D eigenvalue weighted by molar-refractivity contribution is 5.89. The van der Waals surface area contributed by atoms with Crippen molar-refractivity contribution >= 4 is 23.0 Å². The van der Waals surface area contributed by atoms with Gasteiger partial charge in [0, 0.05) is 45.8 Å². The highest BCUT2D eigenvalue weighted by Gasteiger charge is 2.16. The quantitative estimate of drug-likeness (QED) is 0.616. The number of nitrogens with one attached hydrogen (secondary N) is 3. The lowest BCUT2D eigenvalue weighted by Gasteiger charge is -2.34. The van der Waals surface area contributed by atoms with Crippen LogP contribution >= 0.6 is 0 Å². The van der Waals surface area contributed by atoms with Crippen molar-refractivity contribution in [1.29, 1.82) is 0 Å². The first-order chi connectivity index (χ1) is 13.8. The van der Waals surface area contributed by atoms with Gasteiger partial charge in [-0.15, -0.1) is 0 Å². The molecule has 0 aliphatic carbocycles. The highest BCUT2D eigenvalue weighted by Crippen LogP contribution is 2.13. The first-order valence-corrected chi connectivity index (χ1v) is 9.74. The van der Waals surface area contributed by atoms with Gasteiger partial charge in [-0.2, -0.15) is 0 Å². The molecule has 0 atom stereocenters. The fraction of sp³-hybridized carbons (Fsp3) is 0.333. The van der Waals surface area contributed by atoms with Gasteiger partial charge in [0.05, 0.1) is 11.0 Å². The summed E-state index contributed by atoms with van der Waals surface area (Å²) >= 11 is 0. The van der Waals surface area contributed by atoms with Gasteiger partial charge < -0.3 is 10.3 Å². The number of rotatable bonds is 6. The van der Waals surface area contributed by atoms with E-state index in [2.05, 4.69) is 60.7 Å². The average molecular weight is 378 g/mol. The van der Waals surface area contributed by atoms with Crippen molar-refractivity contribution in [2.75, 3.05) is 44.6 Å². The summed E-state index contributed by atoms with van der Waals surface area (Å²) in [7, 11) is 0. The lowest BCUT2D eigenvalue weighted by molar-refractivity contribution is 0.128. The number of H-pyrrole nitrogens is 1. The van der Waals surface area contributed by atoms with Gasteiger partial charge in [0.15, 0.2) is 0 Å². The molecule has 0 saturated carbocycles. The number of carbonyl (C=O) groups is 1. The summed E-state index contributed by atoms with van der Waals surface area (Å²) in [5.74, 6) is 0.466. The Morgan fingerprint density at radius 2 is 1.68 bits per heavy atom. The van der Waals surface area contributed by atoms with E-state index in [1.807, 2.05) is 24.3 Å². The number of imidazole rings is 1. The predicted octanol–water partition coefficient (Wildman–Crippen LogP) is 2.50. The van der Waals surface area contributed by atoms with Crippen LogP contribution in [0.25, 0.3) is 11.0 Å². The second-order valence-electron chi connectivity index (χ2n) is 7.09. The van der Waals surface area contributed by atoms with Crippen molar-refractivity contribution in [2.24, 2.45) is 0 Å². The summed E-state index contributed by atoms with van der Waals surface area (Å²) < 4.78 is 0. The Bertz CT molecular complexity index is 868. The molecule has 1 saturated heterocycles. The number of aromatic amines is 1. The van der Waals surface area contributed by atoms with Gasteiger partial charge >= 0.3 is 6.03 Å². The Kier molecular flexibility index (Phi) is 5.84. The summed E-state index contributed by atoms with van der Waals surface area (Å²) in [5.41, 5.74) is 3.11. The van der Waals surface area contributed by atoms with Crippen molar-refractivity contribution in [3.63, 3.8) is 0 Å². The molecule has 7 nitrogen and oxygen atoms in total. The zero-order valence-electron chi connectivity index (χ0n) is 15.9. The molecule has 1 aromatic heterocycles. The Morgan fingerprint density at radius 3 is 2.46 bits per heavy atom. The smallest absolute Gasteiger partial charge is 0.321 e. The lowest BCUT2D eigenvalue weighted by Crippen LogP contribution is -2.48. The zero-order chi connectivity index (χ0) is 19.2. The number of piperazine rings is 1. The van der Waals surface area contributed by atoms with E-state index in [0.717, 1.165) is 50.3 Å². The minimum Gasteiger partial charge on any atom is -0.337 e. The van der Waals surface area contributed by atoms with Crippen LogP contribution in [0.5, 0.6) is 0 Å². The van der Waals surface area contributed by atoms with Gasteiger partial charge in [-0.1, -0.05) is 42.5 Å². The van der Waals surface area contributed by atoms with Gasteiger partial charge in [0.2, 0.25) is 5.95 Å². The lowest BCUT2D eigenvalue weighted by atomic mass is 10.2. The van der Waals surface area contributed by atoms with E-state index >= 15 is 0 Å². The molecule has 2 aromatic carbocycles. The monoisotopic (exact) mass is 378 g/mol. The Hall–Kier alpha value is -2.90. The van der Waals surface area contributed by atoms with E-state index in [0.29, 0.717) is 12.5 Å². The van der Waals surface area contributed by atoms with Crippen LogP contribution < -0.4 is 10.6 Å². The van der Waals surface area contributed by atoms with E-state index in [1.54, 1.807) is 0 Å². The van der Waals surface area contributed by atoms with E-state index in [4.69, 9.17) is 0 Å². The molecule has 4 rings (SSSR count). The average Bonchev–Trinajstić information content (AvgIpc) is 3.12.